The number of unbranched alkanes of at least 4 members (excludes halogenated alkanes) is 1. The van der Waals surface area contributed by atoms with Gasteiger partial charge in [-0.05, 0) is 29.5 Å². The predicted molar refractivity (Wildman–Crippen MR) is 86.8 cm³/mol. The summed E-state index contributed by atoms with van der Waals surface area (Å²) in [6.45, 7) is 0. The van der Waals surface area contributed by atoms with Gasteiger partial charge in [-0.3, -0.25) is 4.79 Å². The molecule has 0 amide bonds. The Morgan fingerprint density at radius 3 is 2.52 bits per heavy atom. The number of rotatable bonds is 6. The van der Waals surface area contributed by atoms with E-state index in [4.69, 9.17) is 0 Å². The molecule has 0 saturated heterocycles. The molecule has 0 aromatic heterocycles. The van der Waals surface area contributed by atoms with Gasteiger partial charge in [0, 0.05) is 6.42 Å². The molecule has 0 unspecified atom stereocenters. The van der Waals surface area contributed by atoms with Gasteiger partial charge in [-0.25, -0.2) is 0 Å². The predicted octanol–water partition coefficient (Wildman–Crippen LogP) is 4.71. The molecular formula is C19H20O2. The van der Waals surface area contributed by atoms with E-state index in [1.807, 2.05) is 24.3 Å². The van der Waals surface area contributed by atoms with Crippen LogP contribution < -0.4 is 0 Å². The van der Waals surface area contributed by atoms with Crippen molar-refractivity contribution in [1.82, 2.24) is 0 Å². The van der Waals surface area contributed by atoms with Crippen molar-refractivity contribution in [2.24, 2.45) is 0 Å². The van der Waals surface area contributed by atoms with Crippen molar-refractivity contribution in [2.45, 2.75) is 19.3 Å². The van der Waals surface area contributed by atoms with Crippen molar-refractivity contribution in [3.05, 3.63) is 66.2 Å². The molecule has 0 saturated carbocycles. The van der Waals surface area contributed by atoms with E-state index in [-0.39, 0.29) is 5.97 Å². The topological polar surface area (TPSA) is 26.3 Å². The smallest absolute Gasteiger partial charge is 0.305 e. The fraction of sp³-hybridized carbons (Fsp3) is 0.211. The third kappa shape index (κ3) is 4.60. The maximum atomic E-state index is 11.0. The standard InChI is InChI=1S/C19H20O2/c1-21-19(20)15-7-3-6-12-17-13-8-9-14-18(17)16-10-4-2-5-11-16/h2,4-6,8-14H,3,7,15H2,1H3/b12-6+. The van der Waals surface area contributed by atoms with Crippen LogP contribution in [0.2, 0.25) is 0 Å². The molecule has 2 heteroatoms. The molecule has 0 aliphatic rings. The number of benzene rings is 2. The van der Waals surface area contributed by atoms with Gasteiger partial charge in [0.1, 0.15) is 0 Å². The largest absolute Gasteiger partial charge is 0.469 e. The normalized spacial score (nSPS) is 10.7. The zero-order valence-electron chi connectivity index (χ0n) is 12.3. The molecule has 0 heterocycles. The quantitative estimate of drug-likeness (QED) is 0.566. The lowest BCUT2D eigenvalue weighted by molar-refractivity contribution is -0.140. The van der Waals surface area contributed by atoms with E-state index in [2.05, 4.69) is 47.2 Å². The fourth-order valence-electron chi connectivity index (χ4n) is 2.20. The third-order valence-corrected chi connectivity index (χ3v) is 3.32. The minimum atomic E-state index is -0.145. The monoisotopic (exact) mass is 280 g/mol. The van der Waals surface area contributed by atoms with Gasteiger partial charge in [-0.1, -0.05) is 66.7 Å². The highest BCUT2D eigenvalue weighted by Crippen LogP contribution is 2.24. The van der Waals surface area contributed by atoms with E-state index in [0.29, 0.717) is 6.42 Å². The molecule has 0 atom stereocenters. The molecule has 0 N–H and O–H groups in total. The summed E-state index contributed by atoms with van der Waals surface area (Å²) in [6.07, 6.45) is 6.40. The van der Waals surface area contributed by atoms with E-state index in [1.165, 1.54) is 23.8 Å². The van der Waals surface area contributed by atoms with Crippen LogP contribution in [0.25, 0.3) is 17.2 Å². The zero-order chi connectivity index (χ0) is 14.9. The van der Waals surface area contributed by atoms with E-state index in [0.717, 1.165) is 12.8 Å². The first-order chi connectivity index (χ1) is 10.3. The van der Waals surface area contributed by atoms with Crippen molar-refractivity contribution in [3.63, 3.8) is 0 Å². The second-order valence-electron chi connectivity index (χ2n) is 4.82. The van der Waals surface area contributed by atoms with Crippen LogP contribution in [0.5, 0.6) is 0 Å². The molecule has 21 heavy (non-hydrogen) atoms. The van der Waals surface area contributed by atoms with Crippen molar-refractivity contribution in [3.8, 4) is 11.1 Å². The average molecular weight is 280 g/mol. The summed E-state index contributed by atoms with van der Waals surface area (Å²) in [6, 6.07) is 18.7. The highest BCUT2D eigenvalue weighted by Gasteiger charge is 2.01. The van der Waals surface area contributed by atoms with Crippen LogP contribution in [0.15, 0.2) is 60.7 Å². The van der Waals surface area contributed by atoms with Crippen molar-refractivity contribution in [1.29, 1.82) is 0 Å². The number of methoxy groups -OCH3 is 1. The fourth-order valence-corrected chi connectivity index (χ4v) is 2.20. The zero-order valence-corrected chi connectivity index (χ0v) is 12.3. The Morgan fingerprint density at radius 1 is 1.05 bits per heavy atom. The Kier molecular flexibility index (Phi) is 5.77. The van der Waals surface area contributed by atoms with E-state index >= 15 is 0 Å². The molecule has 0 fully saturated rings. The van der Waals surface area contributed by atoms with E-state index in [1.54, 1.807) is 0 Å². The Bertz CT molecular complexity index is 600. The number of hydrogen-bond donors (Lipinski definition) is 0. The molecule has 0 spiro atoms. The summed E-state index contributed by atoms with van der Waals surface area (Å²) < 4.78 is 4.63. The summed E-state index contributed by atoms with van der Waals surface area (Å²) in [4.78, 5) is 11.0. The number of allylic oxidation sites excluding steroid dienone is 1. The number of carbonyl (C=O) groups excluding carboxylic acids is 1. The lowest BCUT2D eigenvalue weighted by Gasteiger charge is -2.06. The summed E-state index contributed by atoms with van der Waals surface area (Å²) in [5.74, 6) is -0.145. The Balaban J connectivity index is 2.02. The first-order valence-corrected chi connectivity index (χ1v) is 7.19. The molecule has 0 bridgehead atoms. The van der Waals surface area contributed by atoms with Gasteiger partial charge in [0.2, 0.25) is 0 Å². The number of carbonyl (C=O) groups is 1. The Labute approximate surface area is 126 Å². The van der Waals surface area contributed by atoms with Crippen LogP contribution in [0.1, 0.15) is 24.8 Å². The molecule has 2 rings (SSSR count). The molecule has 0 radical (unpaired) electrons. The Morgan fingerprint density at radius 2 is 1.76 bits per heavy atom. The summed E-state index contributed by atoms with van der Waals surface area (Å²) >= 11 is 0. The minimum Gasteiger partial charge on any atom is -0.469 e. The van der Waals surface area contributed by atoms with Crippen LogP contribution in [0, 0.1) is 0 Å². The summed E-state index contributed by atoms with van der Waals surface area (Å²) in [5.41, 5.74) is 3.64. The molecule has 0 aliphatic carbocycles. The van der Waals surface area contributed by atoms with Gasteiger partial charge < -0.3 is 4.74 Å². The van der Waals surface area contributed by atoms with Gasteiger partial charge in [0.15, 0.2) is 0 Å². The van der Waals surface area contributed by atoms with Crippen LogP contribution in [0.3, 0.4) is 0 Å². The Hall–Kier alpha value is -2.35. The molecule has 2 nitrogen and oxygen atoms in total. The third-order valence-electron chi connectivity index (χ3n) is 3.32. The van der Waals surface area contributed by atoms with Gasteiger partial charge in [-0.2, -0.15) is 0 Å². The SMILES string of the molecule is COC(=O)CCC/C=C/c1ccccc1-c1ccccc1. The lowest BCUT2D eigenvalue weighted by Crippen LogP contribution is -1.98. The van der Waals surface area contributed by atoms with Gasteiger partial charge in [0.05, 0.1) is 7.11 Å². The van der Waals surface area contributed by atoms with Gasteiger partial charge >= 0.3 is 5.97 Å². The second kappa shape index (κ2) is 8.05. The maximum absolute atomic E-state index is 11.0. The minimum absolute atomic E-state index is 0.145. The molecular weight excluding hydrogens is 260 g/mol. The van der Waals surface area contributed by atoms with Gasteiger partial charge in [0.25, 0.3) is 0 Å². The molecule has 2 aromatic rings. The van der Waals surface area contributed by atoms with E-state index < -0.39 is 0 Å². The van der Waals surface area contributed by atoms with Crippen molar-refractivity contribution < 1.29 is 9.53 Å². The first kappa shape index (κ1) is 15.0. The van der Waals surface area contributed by atoms with Crippen molar-refractivity contribution in [2.75, 3.05) is 7.11 Å². The van der Waals surface area contributed by atoms with Crippen LogP contribution in [-0.2, 0) is 9.53 Å². The average Bonchev–Trinajstić information content (AvgIpc) is 2.55. The van der Waals surface area contributed by atoms with Crippen LogP contribution in [-0.4, -0.2) is 13.1 Å². The second-order valence-corrected chi connectivity index (χ2v) is 4.82. The number of ether oxygens (including phenoxy) is 1. The first-order valence-electron chi connectivity index (χ1n) is 7.19. The van der Waals surface area contributed by atoms with Crippen LogP contribution >= 0.6 is 0 Å². The molecule has 108 valence electrons. The van der Waals surface area contributed by atoms with Crippen molar-refractivity contribution >= 4 is 12.0 Å². The highest BCUT2D eigenvalue weighted by atomic mass is 16.5. The van der Waals surface area contributed by atoms with Gasteiger partial charge in [-0.15, -0.1) is 0 Å². The van der Waals surface area contributed by atoms with Crippen LogP contribution in [0.4, 0.5) is 0 Å². The highest BCUT2D eigenvalue weighted by molar-refractivity contribution is 5.75. The lowest BCUT2D eigenvalue weighted by atomic mass is 9.99. The molecule has 0 aliphatic heterocycles. The summed E-state index contributed by atoms with van der Waals surface area (Å²) in [5, 5.41) is 0. The number of esters is 1. The maximum Gasteiger partial charge on any atom is 0.305 e. The van der Waals surface area contributed by atoms with E-state index in [9.17, 15) is 4.79 Å². The molecule has 2 aromatic carbocycles. The summed E-state index contributed by atoms with van der Waals surface area (Å²) in [7, 11) is 1.42. The number of hydrogen-bond acceptors (Lipinski definition) is 2.